The Hall–Kier alpha value is -3.30. The van der Waals surface area contributed by atoms with Gasteiger partial charge in [0.2, 0.25) is 0 Å². The Labute approximate surface area is 174 Å². The summed E-state index contributed by atoms with van der Waals surface area (Å²) in [4.78, 5) is 17.2. The van der Waals surface area contributed by atoms with Crippen LogP contribution in [0.2, 0.25) is 5.02 Å². The number of nitrogens with zero attached hydrogens (tertiary/aromatic N) is 3. The summed E-state index contributed by atoms with van der Waals surface area (Å²) in [6.45, 7) is 4.23. The fourth-order valence-corrected chi connectivity index (χ4v) is 3.22. The fraction of sp³-hybridized carbons (Fsp3) is 0.227. The lowest BCUT2D eigenvalue weighted by molar-refractivity contribution is 0.102. The van der Waals surface area contributed by atoms with Crippen LogP contribution in [-0.4, -0.2) is 22.1 Å². The van der Waals surface area contributed by atoms with Crippen molar-refractivity contribution in [2.24, 2.45) is 0 Å². The zero-order valence-corrected chi connectivity index (χ0v) is 17.0. The van der Waals surface area contributed by atoms with Gasteiger partial charge in [-0.25, -0.2) is 4.98 Å². The number of anilines is 1. The number of halogens is 1. The minimum Gasteiger partial charge on any atom is -0.490 e. The molecule has 0 spiro atoms. The highest BCUT2D eigenvalue weighted by molar-refractivity contribution is 6.30. The molecule has 0 aliphatic heterocycles. The topological polar surface area (TPSA) is 79.9 Å². The quantitative estimate of drug-likeness (QED) is 0.553. The van der Waals surface area contributed by atoms with E-state index >= 15 is 0 Å². The van der Waals surface area contributed by atoms with Crippen molar-refractivity contribution in [3.8, 4) is 17.5 Å². The number of aromatic nitrogens is 2. The number of nitrogens with one attached hydrogen (secondary N) is 1. The molecule has 0 radical (unpaired) electrons. The van der Waals surface area contributed by atoms with Crippen molar-refractivity contribution in [1.82, 2.24) is 9.55 Å². The monoisotopic (exact) mass is 408 g/mol. The Morgan fingerprint density at radius 1 is 1.28 bits per heavy atom. The molecule has 0 atom stereocenters. The van der Waals surface area contributed by atoms with Crippen LogP contribution in [0.4, 0.5) is 5.82 Å². The molecule has 0 saturated heterocycles. The van der Waals surface area contributed by atoms with Crippen LogP contribution in [0, 0.1) is 25.2 Å². The summed E-state index contributed by atoms with van der Waals surface area (Å²) in [5.41, 5.74) is 3.24. The van der Waals surface area contributed by atoms with Gasteiger partial charge in [0.1, 0.15) is 0 Å². The number of carbonyl (C=O) groups is 1. The molecule has 3 aromatic rings. The third-order valence-electron chi connectivity index (χ3n) is 4.45. The molecule has 7 heteroatoms. The largest absolute Gasteiger partial charge is 0.490 e. The number of aryl methyl sites for hydroxylation is 1. The fourth-order valence-electron chi connectivity index (χ4n) is 3.09. The van der Waals surface area contributed by atoms with Crippen molar-refractivity contribution < 1.29 is 9.53 Å². The molecular weight excluding hydrogens is 388 g/mol. The smallest absolute Gasteiger partial charge is 0.258 e. The third kappa shape index (κ3) is 4.76. The number of carbonyl (C=O) groups excluding carboxylic acids is 1. The molecule has 0 saturated carbocycles. The lowest BCUT2D eigenvalue weighted by atomic mass is 10.2. The molecule has 2 heterocycles. The first-order valence-electron chi connectivity index (χ1n) is 9.22. The van der Waals surface area contributed by atoms with Crippen LogP contribution in [0.15, 0.2) is 48.7 Å². The number of ether oxygens (including phenoxy) is 1. The van der Waals surface area contributed by atoms with E-state index in [1.165, 1.54) is 0 Å². The van der Waals surface area contributed by atoms with Crippen LogP contribution in [0.25, 0.3) is 5.69 Å². The van der Waals surface area contributed by atoms with Crippen molar-refractivity contribution in [2.45, 2.75) is 26.7 Å². The third-order valence-corrected chi connectivity index (χ3v) is 4.71. The molecule has 29 heavy (non-hydrogen) atoms. The molecule has 3 rings (SSSR count). The molecule has 1 N–H and O–H groups in total. The van der Waals surface area contributed by atoms with Gasteiger partial charge in [-0.1, -0.05) is 11.6 Å². The lowest BCUT2D eigenvalue weighted by Gasteiger charge is -2.12. The van der Waals surface area contributed by atoms with Crippen molar-refractivity contribution in [2.75, 3.05) is 11.9 Å². The van der Waals surface area contributed by atoms with Gasteiger partial charge in [0.15, 0.2) is 11.6 Å². The molecule has 148 valence electrons. The summed E-state index contributed by atoms with van der Waals surface area (Å²) in [5.74, 6) is 0.565. The number of benzene rings is 1. The lowest BCUT2D eigenvalue weighted by Crippen LogP contribution is -2.15. The van der Waals surface area contributed by atoms with Crippen LogP contribution in [0.3, 0.4) is 0 Å². The number of amides is 1. The highest BCUT2D eigenvalue weighted by Crippen LogP contribution is 2.25. The average Bonchev–Trinajstić information content (AvgIpc) is 3.01. The summed E-state index contributed by atoms with van der Waals surface area (Å²) < 4.78 is 7.67. The van der Waals surface area contributed by atoms with Crippen LogP contribution in [0.1, 0.15) is 34.6 Å². The van der Waals surface area contributed by atoms with Gasteiger partial charge in [0, 0.05) is 34.7 Å². The molecule has 0 unspecified atom stereocenters. The summed E-state index contributed by atoms with van der Waals surface area (Å²) in [6, 6.07) is 14.9. The van der Waals surface area contributed by atoms with E-state index in [9.17, 15) is 4.79 Å². The highest BCUT2D eigenvalue weighted by Gasteiger charge is 2.18. The number of hydrogen-bond acceptors (Lipinski definition) is 4. The Bertz CT molecular complexity index is 1050. The van der Waals surface area contributed by atoms with Gasteiger partial charge in [0.05, 0.1) is 18.2 Å². The van der Waals surface area contributed by atoms with Crippen molar-refractivity contribution in [3.05, 3.63) is 70.6 Å². The second-order valence-electron chi connectivity index (χ2n) is 6.51. The van der Waals surface area contributed by atoms with Gasteiger partial charge in [-0.3, -0.25) is 4.79 Å². The van der Waals surface area contributed by atoms with E-state index in [0.717, 1.165) is 17.1 Å². The Balaban J connectivity index is 1.81. The number of hydrogen-bond donors (Lipinski definition) is 1. The van der Waals surface area contributed by atoms with Crippen LogP contribution >= 0.6 is 11.6 Å². The van der Waals surface area contributed by atoms with Crippen LogP contribution < -0.4 is 10.1 Å². The zero-order chi connectivity index (χ0) is 20.8. The first kappa shape index (κ1) is 20.4. The predicted molar refractivity (Wildman–Crippen MR) is 113 cm³/mol. The summed E-state index contributed by atoms with van der Waals surface area (Å²) >= 11 is 5.99. The summed E-state index contributed by atoms with van der Waals surface area (Å²) in [5, 5.41) is 12.1. The van der Waals surface area contributed by atoms with E-state index in [4.69, 9.17) is 21.6 Å². The molecule has 0 bridgehead atoms. The standard InChI is InChI=1S/C22H21ClN4O2/c1-15-14-19(16(2)27(15)18-9-7-17(23)8-10-18)22(28)26-21-20(6-5-12-25-21)29-13-4-3-11-24/h5-10,12,14H,3-4,13H2,1-2H3,(H,25,26,28). The average molecular weight is 409 g/mol. The van der Waals surface area contributed by atoms with E-state index in [-0.39, 0.29) is 5.91 Å². The van der Waals surface area contributed by atoms with Crippen LogP contribution in [0.5, 0.6) is 5.75 Å². The second-order valence-corrected chi connectivity index (χ2v) is 6.95. The first-order chi connectivity index (χ1) is 14.0. The van der Waals surface area contributed by atoms with Gasteiger partial charge in [0.25, 0.3) is 5.91 Å². The zero-order valence-electron chi connectivity index (χ0n) is 16.3. The highest BCUT2D eigenvalue weighted by atomic mass is 35.5. The van der Waals surface area contributed by atoms with E-state index < -0.39 is 0 Å². The predicted octanol–water partition coefficient (Wildman–Crippen LogP) is 5.08. The molecular formula is C22H21ClN4O2. The van der Waals surface area contributed by atoms with E-state index in [2.05, 4.69) is 16.4 Å². The van der Waals surface area contributed by atoms with Crippen molar-refractivity contribution >= 4 is 23.3 Å². The number of rotatable bonds is 7. The molecule has 1 aromatic carbocycles. The summed E-state index contributed by atoms with van der Waals surface area (Å²) in [6.07, 6.45) is 2.62. The Morgan fingerprint density at radius 2 is 2.03 bits per heavy atom. The molecule has 0 aliphatic rings. The van der Waals surface area contributed by atoms with Gasteiger partial charge in [-0.15, -0.1) is 0 Å². The van der Waals surface area contributed by atoms with Gasteiger partial charge >= 0.3 is 0 Å². The molecule has 6 nitrogen and oxygen atoms in total. The molecule has 2 aromatic heterocycles. The van der Waals surface area contributed by atoms with Gasteiger partial charge < -0.3 is 14.6 Å². The maximum absolute atomic E-state index is 12.9. The van der Waals surface area contributed by atoms with Crippen molar-refractivity contribution in [1.29, 1.82) is 5.26 Å². The normalized spacial score (nSPS) is 10.4. The number of nitriles is 1. The maximum atomic E-state index is 12.9. The van der Waals surface area contributed by atoms with Gasteiger partial charge in [-0.05, 0) is 62.7 Å². The maximum Gasteiger partial charge on any atom is 0.258 e. The molecule has 0 fully saturated rings. The second kappa shape index (κ2) is 9.26. The Kier molecular flexibility index (Phi) is 6.53. The minimum atomic E-state index is -0.265. The minimum absolute atomic E-state index is 0.265. The van der Waals surface area contributed by atoms with E-state index in [1.54, 1.807) is 18.3 Å². The molecule has 1 amide bonds. The SMILES string of the molecule is Cc1cc(C(=O)Nc2ncccc2OCCCC#N)c(C)n1-c1ccc(Cl)cc1. The Morgan fingerprint density at radius 3 is 2.76 bits per heavy atom. The number of unbranched alkanes of at least 4 members (excludes halogenated alkanes) is 1. The van der Waals surface area contributed by atoms with E-state index in [1.807, 2.05) is 48.7 Å². The first-order valence-corrected chi connectivity index (χ1v) is 9.60. The summed E-state index contributed by atoms with van der Waals surface area (Å²) in [7, 11) is 0. The van der Waals surface area contributed by atoms with Crippen LogP contribution in [-0.2, 0) is 0 Å². The molecule has 0 aliphatic carbocycles. The van der Waals surface area contributed by atoms with Crippen molar-refractivity contribution in [3.63, 3.8) is 0 Å². The number of pyridine rings is 1. The van der Waals surface area contributed by atoms with E-state index in [0.29, 0.717) is 41.6 Å². The van der Waals surface area contributed by atoms with Gasteiger partial charge in [-0.2, -0.15) is 5.26 Å².